The van der Waals surface area contributed by atoms with Crippen molar-refractivity contribution in [3.8, 4) is 5.88 Å². The van der Waals surface area contributed by atoms with E-state index in [4.69, 9.17) is 10.5 Å². The summed E-state index contributed by atoms with van der Waals surface area (Å²) in [6.07, 6.45) is 0.905. The van der Waals surface area contributed by atoms with Gasteiger partial charge in [0.2, 0.25) is 5.88 Å². The van der Waals surface area contributed by atoms with Crippen LogP contribution in [-0.2, 0) is 0 Å². The SMILES string of the molecule is CCCOc1nc(NCC(C)(C)O)ccc1N. The highest BCUT2D eigenvalue weighted by atomic mass is 16.5. The van der Waals surface area contributed by atoms with Gasteiger partial charge in [-0.05, 0) is 32.4 Å². The second-order valence-corrected chi connectivity index (χ2v) is 4.61. The molecular weight excluding hydrogens is 218 g/mol. The molecule has 5 heteroatoms. The molecule has 0 saturated carbocycles. The van der Waals surface area contributed by atoms with Crippen LogP contribution in [0.1, 0.15) is 27.2 Å². The number of pyridine rings is 1. The van der Waals surface area contributed by atoms with Crippen LogP contribution >= 0.6 is 0 Å². The maximum absolute atomic E-state index is 9.60. The van der Waals surface area contributed by atoms with E-state index in [0.29, 0.717) is 30.5 Å². The highest BCUT2D eigenvalue weighted by molar-refractivity contribution is 5.53. The lowest BCUT2D eigenvalue weighted by molar-refractivity contribution is 0.0944. The molecule has 5 nitrogen and oxygen atoms in total. The Bertz CT molecular complexity index is 361. The van der Waals surface area contributed by atoms with Crippen molar-refractivity contribution < 1.29 is 9.84 Å². The Morgan fingerprint density at radius 2 is 2.18 bits per heavy atom. The van der Waals surface area contributed by atoms with E-state index in [0.717, 1.165) is 6.42 Å². The summed E-state index contributed by atoms with van der Waals surface area (Å²) in [7, 11) is 0. The molecule has 0 spiro atoms. The first-order chi connectivity index (χ1) is 7.92. The number of aromatic nitrogens is 1. The first kappa shape index (κ1) is 13.6. The molecular formula is C12H21N3O2. The molecule has 0 aliphatic rings. The lowest BCUT2D eigenvalue weighted by Gasteiger charge is -2.18. The van der Waals surface area contributed by atoms with Crippen LogP contribution in [0.15, 0.2) is 12.1 Å². The molecule has 0 fully saturated rings. The summed E-state index contributed by atoms with van der Waals surface area (Å²) >= 11 is 0. The molecule has 0 aliphatic heterocycles. The van der Waals surface area contributed by atoms with Gasteiger partial charge in [-0.2, -0.15) is 4.98 Å². The molecule has 0 amide bonds. The van der Waals surface area contributed by atoms with Crippen molar-refractivity contribution in [3.63, 3.8) is 0 Å². The predicted octanol–water partition coefficient (Wildman–Crippen LogP) is 1.64. The molecule has 0 aliphatic carbocycles. The van der Waals surface area contributed by atoms with Crippen molar-refractivity contribution >= 4 is 11.5 Å². The highest BCUT2D eigenvalue weighted by Gasteiger charge is 2.12. The Balaban J connectivity index is 2.67. The molecule has 0 atom stereocenters. The van der Waals surface area contributed by atoms with Gasteiger partial charge in [0.1, 0.15) is 5.82 Å². The van der Waals surface area contributed by atoms with Crippen LogP contribution in [0.3, 0.4) is 0 Å². The fraction of sp³-hybridized carbons (Fsp3) is 0.583. The first-order valence-corrected chi connectivity index (χ1v) is 5.78. The van der Waals surface area contributed by atoms with Crippen LogP contribution in [-0.4, -0.2) is 28.8 Å². The molecule has 0 radical (unpaired) electrons. The summed E-state index contributed by atoms with van der Waals surface area (Å²) in [5, 5.41) is 12.6. The first-order valence-electron chi connectivity index (χ1n) is 5.78. The van der Waals surface area contributed by atoms with E-state index in [2.05, 4.69) is 10.3 Å². The van der Waals surface area contributed by atoms with E-state index in [1.807, 2.05) is 6.92 Å². The van der Waals surface area contributed by atoms with Gasteiger partial charge in [0, 0.05) is 6.54 Å². The zero-order valence-corrected chi connectivity index (χ0v) is 10.7. The number of hydrogen-bond donors (Lipinski definition) is 3. The van der Waals surface area contributed by atoms with Crippen LogP contribution in [0.5, 0.6) is 5.88 Å². The summed E-state index contributed by atoms with van der Waals surface area (Å²) in [5.41, 5.74) is 5.48. The molecule has 1 aromatic rings. The molecule has 0 aromatic carbocycles. The number of rotatable bonds is 6. The average molecular weight is 239 g/mol. The van der Waals surface area contributed by atoms with Crippen molar-refractivity contribution in [2.45, 2.75) is 32.8 Å². The second-order valence-electron chi connectivity index (χ2n) is 4.61. The van der Waals surface area contributed by atoms with Gasteiger partial charge >= 0.3 is 0 Å². The van der Waals surface area contributed by atoms with E-state index in [1.165, 1.54) is 0 Å². The molecule has 17 heavy (non-hydrogen) atoms. The lowest BCUT2D eigenvalue weighted by Crippen LogP contribution is -2.29. The van der Waals surface area contributed by atoms with Gasteiger partial charge in [-0.3, -0.25) is 0 Å². The molecule has 4 N–H and O–H groups in total. The minimum Gasteiger partial charge on any atom is -0.476 e. The summed E-state index contributed by atoms with van der Waals surface area (Å²) < 4.78 is 5.42. The third kappa shape index (κ3) is 4.91. The number of nitrogens with zero attached hydrogens (tertiary/aromatic N) is 1. The van der Waals surface area contributed by atoms with Crippen molar-refractivity contribution in [1.82, 2.24) is 4.98 Å². The second kappa shape index (κ2) is 5.72. The number of anilines is 2. The average Bonchev–Trinajstić information content (AvgIpc) is 2.25. The Kier molecular flexibility index (Phi) is 4.57. The van der Waals surface area contributed by atoms with Crippen LogP contribution in [0.2, 0.25) is 0 Å². The number of nitrogen functional groups attached to an aromatic ring is 1. The fourth-order valence-electron chi connectivity index (χ4n) is 1.17. The quantitative estimate of drug-likeness (QED) is 0.703. The highest BCUT2D eigenvalue weighted by Crippen LogP contribution is 2.21. The van der Waals surface area contributed by atoms with E-state index >= 15 is 0 Å². The van der Waals surface area contributed by atoms with Crippen molar-refractivity contribution in [1.29, 1.82) is 0 Å². The third-order valence-electron chi connectivity index (χ3n) is 2.03. The molecule has 0 bridgehead atoms. The van der Waals surface area contributed by atoms with Gasteiger partial charge in [0.15, 0.2) is 0 Å². The van der Waals surface area contributed by atoms with E-state index in [-0.39, 0.29) is 0 Å². The fourth-order valence-corrected chi connectivity index (χ4v) is 1.17. The van der Waals surface area contributed by atoms with Crippen LogP contribution < -0.4 is 15.8 Å². The zero-order valence-electron chi connectivity index (χ0n) is 10.7. The van der Waals surface area contributed by atoms with E-state index in [1.54, 1.807) is 26.0 Å². The summed E-state index contributed by atoms with van der Waals surface area (Å²) in [4.78, 5) is 4.24. The van der Waals surface area contributed by atoms with Gasteiger partial charge in [-0.25, -0.2) is 0 Å². The van der Waals surface area contributed by atoms with E-state index < -0.39 is 5.60 Å². The predicted molar refractivity (Wildman–Crippen MR) is 69.2 cm³/mol. The van der Waals surface area contributed by atoms with Crippen molar-refractivity contribution in [3.05, 3.63) is 12.1 Å². The Labute approximate surface area is 102 Å². The number of nitrogens with one attached hydrogen (secondary N) is 1. The molecule has 1 rings (SSSR count). The standard InChI is InChI=1S/C12H21N3O2/c1-4-7-17-11-9(13)5-6-10(15-11)14-8-12(2,3)16/h5-6,16H,4,7-8,13H2,1-3H3,(H,14,15). The summed E-state index contributed by atoms with van der Waals surface area (Å²) in [5.74, 6) is 1.08. The smallest absolute Gasteiger partial charge is 0.239 e. The molecule has 0 unspecified atom stereocenters. The Morgan fingerprint density at radius 1 is 1.47 bits per heavy atom. The monoisotopic (exact) mass is 239 g/mol. The number of aliphatic hydroxyl groups is 1. The van der Waals surface area contributed by atoms with Crippen LogP contribution in [0.4, 0.5) is 11.5 Å². The third-order valence-corrected chi connectivity index (χ3v) is 2.03. The van der Waals surface area contributed by atoms with E-state index in [9.17, 15) is 5.11 Å². The molecule has 96 valence electrons. The molecule has 1 heterocycles. The van der Waals surface area contributed by atoms with Crippen molar-refractivity contribution in [2.75, 3.05) is 24.2 Å². The van der Waals surface area contributed by atoms with Gasteiger partial charge in [-0.1, -0.05) is 6.92 Å². The van der Waals surface area contributed by atoms with Gasteiger partial charge < -0.3 is 20.9 Å². The minimum atomic E-state index is -0.784. The zero-order chi connectivity index (χ0) is 12.9. The van der Waals surface area contributed by atoms with Crippen molar-refractivity contribution in [2.24, 2.45) is 0 Å². The number of hydrogen-bond acceptors (Lipinski definition) is 5. The maximum atomic E-state index is 9.60. The Hall–Kier alpha value is -1.49. The topological polar surface area (TPSA) is 80.4 Å². The lowest BCUT2D eigenvalue weighted by atomic mass is 10.1. The van der Waals surface area contributed by atoms with Crippen LogP contribution in [0.25, 0.3) is 0 Å². The normalized spacial score (nSPS) is 11.3. The summed E-state index contributed by atoms with van der Waals surface area (Å²) in [6.45, 7) is 6.48. The number of nitrogens with two attached hydrogens (primary N) is 1. The number of ether oxygens (including phenoxy) is 1. The maximum Gasteiger partial charge on any atom is 0.239 e. The minimum absolute atomic E-state index is 0.414. The molecule has 0 saturated heterocycles. The molecule has 1 aromatic heterocycles. The van der Waals surface area contributed by atoms with Crippen LogP contribution in [0, 0.1) is 0 Å². The Morgan fingerprint density at radius 3 is 2.76 bits per heavy atom. The van der Waals surface area contributed by atoms with Gasteiger partial charge in [0.25, 0.3) is 0 Å². The van der Waals surface area contributed by atoms with Gasteiger partial charge in [0.05, 0.1) is 17.9 Å². The van der Waals surface area contributed by atoms with Gasteiger partial charge in [-0.15, -0.1) is 0 Å². The summed E-state index contributed by atoms with van der Waals surface area (Å²) in [6, 6.07) is 3.50. The largest absolute Gasteiger partial charge is 0.476 e.